The van der Waals surface area contributed by atoms with Crippen LogP contribution in [0.15, 0.2) is 28.9 Å². The van der Waals surface area contributed by atoms with Crippen molar-refractivity contribution in [2.45, 2.75) is 33.7 Å². The van der Waals surface area contributed by atoms with Crippen LogP contribution in [0.1, 0.15) is 23.4 Å². The Bertz CT molecular complexity index is 812. The van der Waals surface area contributed by atoms with Gasteiger partial charge in [-0.05, 0) is 32.9 Å². The van der Waals surface area contributed by atoms with Gasteiger partial charge < -0.3 is 9.84 Å². The lowest BCUT2D eigenvalue weighted by atomic mass is 10.2. The number of benzene rings is 1. The van der Waals surface area contributed by atoms with Gasteiger partial charge in [0.1, 0.15) is 11.4 Å². The summed E-state index contributed by atoms with van der Waals surface area (Å²) in [5.74, 6) is 0.538. The number of fused-ring (bicyclic) bond motifs is 1. The zero-order valence-electron chi connectivity index (χ0n) is 12.9. The van der Waals surface area contributed by atoms with Crippen LogP contribution in [0.2, 0.25) is 0 Å². The molecule has 0 fully saturated rings. The third-order valence-electron chi connectivity index (χ3n) is 3.65. The molecule has 3 aromatic rings. The van der Waals surface area contributed by atoms with Gasteiger partial charge in [0, 0.05) is 11.8 Å². The molecule has 6 heteroatoms. The van der Waals surface area contributed by atoms with E-state index >= 15 is 0 Å². The minimum atomic E-state index is -0.0786. The van der Waals surface area contributed by atoms with E-state index in [9.17, 15) is 4.79 Å². The molecule has 3 rings (SSSR count). The molecule has 0 atom stereocenters. The first-order chi connectivity index (χ1) is 10.5. The van der Waals surface area contributed by atoms with Crippen LogP contribution in [-0.2, 0) is 11.3 Å². The van der Waals surface area contributed by atoms with Crippen molar-refractivity contribution < 1.29 is 9.32 Å². The van der Waals surface area contributed by atoms with Gasteiger partial charge in [-0.15, -0.1) is 0 Å². The second-order valence-electron chi connectivity index (χ2n) is 5.43. The topological polar surface area (TPSA) is 73.0 Å². The zero-order chi connectivity index (χ0) is 15.7. The Morgan fingerprint density at radius 1 is 1.32 bits per heavy atom. The van der Waals surface area contributed by atoms with Crippen molar-refractivity contribution in [2.75, 3.05) is 5.32 Å². The maximum absolute atomic E-state index is 12.1. The highest BCUT2D eigenvalue weighted by Gasteiger charge is 2.12. The molecule has 1 N–H and O–H groups in total. The van der Waals surface area contributed by atoms with Crippen molar-refractivity contribution in [3.05, 3.63) is 41.4 Å². The smallest absolute Gasteiger partial charge is 0.226 e. The summed E-state index contributed by atoms with van der Waals surface area (Å²) in [5, 5.41) is 12.1. The van der Waals surface area contributed by atoms with Crippen molar-refractivity contribution in [1.29, 1.82) is 0 Å². The monoisotopic (exact) mass is 298 g/mol. The number of aryl methyl sites for hydroxylation is 4. The number of hydrogen-bond acceptors (Lipinski definition) is 4. The molecule has 6 nitrogen and oxygen atoms in total. The second-order valence-corrected chi connectivity index (χ2v) is 5.43. The van der Waals surface area contributed by atoms with E-state index in [4.69, 9.17) is 4.52 Å². The number of anilines is 1. The first-order valence-corrected chi connectivity index (χ1v) is 7.19. The number of nitrogens with zero attached hydrogens (tertiary/aromatic N) is 3. The molecule has 0 unspecified atom stereocenters. The van der Waals surface area contributed by atoms with Gasteiger partial charge in [0.2, 0.25) is 5.91 Å². The molecule has 0 bridgehead atoms. The van der Waals surface area contributed by atoms with E-state index in [0.29, 0.717) is 30.1 Å². The molecule has 0 aliphatic rings. The van der Waals surface area contributed by atoms with E-state index in [-0.39, 0.29) is 5.91 Å². The second kappa shape index (κ2) is 5.63. The lowest BCUT2D eigenvalue weighted by molar-refractivity contribution is -0.116. The highest BCUT2D eigenvalue weighted by atomic mass is 16.5. The van der Waals surface area contributed by atoms with E-state index in [1.165, 1.54) is 5.56 Å². The van der Waals surface area contributed by atoms with E-state index in [1.807, 2.05) is 29.9 Å². The van der Waals surface area contributed by atoms with Gasteiger partial charge in [-0.2, -0.15) is 5.10 Å². The van der Waals surface area contributed by atoms with E-state index < -0.39 is 0 Å². The molecule has 0 aliphatic carbocycles. The van der Waals surface area contributed by atoms with Crippen LogP contribution in [0.25, 0.3) is 10.9 Å². The molecule has 22 heavy (non-hydrogen) atoms. The van der Waals surface area contributed by atoms with Gasteiger partial charge in [-0.3, -0.25) is 9.48 Å². The first kappa shape index (κ1) is 14.3. The maximum atomic E-state index is 12.1. The Morgan fingerprint density at radius 3 is 2.86 bits per heavy atom. The quantitative estimate of drug-likeness (QED) is 0.803. The van der Waals surface area contributed by atoms with Gasteiger partial charge in [0.05, 0.1) is 18.3 Å². The lowest BCUT2D eigenvalue weighted by Crippen LogP contribution is -2.15. The molecular weight excluding hydrogens is 280 g/mol. The van der Waals surface area contributed by atoms with Crippen molar-refractivity contribution in [3.8, 4) is 0 Å². The molecule has 0 saturated heterocycles. The van der Waals surface area contributed by atoms with Gasteiger partial charge in [-0.1, -0.05) is 16.8 Å². The average Bonchev–Trinajstić information content (AvgIpc) is 3.02. The zero-order valence-corrected chi connectivity index (χ0v) is 12.9. The highest BCUT2D eigenvalue weighted by molar-refractivity contribution is 5.91. The van der Waals surface area contributed by atoms with Crippen LogP contribution < -0.4 is 5.32 Å². The van der Waals surface area contributed by atoms with Gasteiger partial charge in [-0.25, -0.2) is 0 Å². The summed E-state index contributed by atoms with van der Waals surface area (Å²) in [7, 11) is 0. The number of nitrogens with one attached hydrogen (secondary N) is 1. The summed E-state index contributed by atoms with van der Waals surface area (Å²) in [6.45, 7) is 6.16. The SMILES string of the molecule is Cc1ccc2c(cnn2CCC(=O)Nc2c(C)noc2C)c1. The number of carbonyl (C=O) groups excluding carboxylic acids is 1. The fraction of sp³-hybridized carbons (Fsp3) is 0.312. The molecule has 1 aromatic carbocycles. The van der Waals surface area contributed by atoms with E-state index in [2.05, 4.69) is 21.6 Å². The first-order valence-electron chi connectivity index (χ1n) is 7.19. The molecule has 0 radical (unpaired) electrons. The van der Waals surface area contributed by atoms with Crippen molar-refractivity contribution in [1.82, 2.24) is 14.9 Å². The molecule has 2 aromatic heterocycles. The fourth-order valence-corrected chi connectivity index (χ4v) is 2.46. The van der Waals surface area contributed by atoms with Crippen LogP contribution in [0.5, 0.6) is 0 Å². The summed E-state index contributed by atoms with van der Waals surface area (Å²) >= 11 is 0. The van der Waals surface area contributed by atoms with Crippen LogP contribution in [0.3, 0.4) is 0 Å². The largest absolute Gasteiger partial charge is 0.359 e. The summed E-state index contributed by atoms with van der Waals surface area (Å²) in [6, 6.07) is 6.16. The number of rotatable bonds is 4. The van der Waals surface area contributed by atoms with E-state index in [0.717, 1.165) is 10.9 Å². The number of carbonyl (C=O) groups is 1. The highest BCUT2D eigenvalue weighted by Crippen LogP contribution is 2.19. The molecule has 1 amide bonds. The van der Waals surface area contributed by atoms with Crippen molar-refractivity contribution in [3.63, 3.8) is 0 Å². The van der Waals surface area contributed by atoms with Crippen molar-refractivity contribution >= 4 is 22.5 Å². The summed E-state index contributed by atoms with van der Waals surface area (Å²) < 4.78 is 6.88. The van der Waals surface area contributed by atoms with Gasteiger partial charge in [0.15, 0.2) is 5.76 Å². The standard InChI is InChI=1S/C16H18N4O2/c1-10-4-5-14-13(8-10)9-17-20(14)7-6-15(21)18-16-11(2)19-22-12(16)3/h4-5,8-9H,6-7H2,1-3H3,(H,18,21). The Morgan fingerprint density at radius 2 is 2.14 bits per heavy atom. The number of aromatic nitrogens is 3. The Labute approximate surface area is 128 Å². The summed E-state index contributed by atoms with van der Waals surface area (Å²) in [6.07, 6.45) is 2.17. The minimum Gasteiger partial charge on any atom is -0.359 e. The summed E-state index contributed by atoms with van der Waals surface area (Å²) in [4.78, 5) is 12.1. The third kappa shape index (κ3) is 2.72. The molecule has 0 aliphatic heterocycles. The van der Waals surface area contributed by atoms with Crippen LogP contribution in [0.4, 0.5) is 5.69 Å². The molecule has 114 valence electrons. The molecule has 0 saturated carbocycles. The lowest BCUT2D eigenvalue weighted by Gasteiger charge is -2.06. The fourth-order valence-electron chi connectivity index (χ4n) is 2.46. The summed E-state index contributed by atoms with van der Waals surface area (Å²) in [5.41, 5.74) is 3.58. The average molecular weight is 298 g/mol. The molecule has 0 spiro atoms. The van der Waals surface area contributed by atoms with Gasteiger partial charge >= 0.3 is 0 Å². The third-order valence-corrected chi connectivity index (χ3v) is 3.65. The van der Waals surface area contributed by atoms with Crippen LogP contribution in [-0.4, -0.2) is 20.8 Å². The van der Waals surface area contributed by atoms with E-state index in [1.54, 1.807) is 13.8 Å². The number of amides is 1. The van der Waals surface area contributed by atoms with Crippen LogP contribution in [0, 0.1) is 20.8 Å². The van der Waals surface area contributed by atoms with Crippen LogP contribution >= 0.6 is 0 Å². The maximum Gasteiger partial charge on any atom is 0.226 e. The Kier molecular flexibility index (Phi) is 3.66. The predicted molar refractivity (Wildman–Crippen MR) is 83.7 cm³/mol. The van der Waals surface area contributed by atoms with Gasteiger partial charge in [0.25, 0.3) is 0 Å². The molecular formula is C16H18N4O2. The minimum absolute atomic E-state index is 0.0786. The van der Waals surface area contributed by atoms with Crippen molar-refractivity contribution in [2.24, 2.45) is 0 Å². The molecule has 2 heterocycles. The normalized spacial score (nSPS) is 11.0. The number of hydrogen-bond donors (Lipinski definition) is 1. The Balaban J connectivity index is 1.68. The Hall–Kier alpha value is -2.63. The predicted octanol–water partition coefficient (Wildman–Crippen LogP) is 2.98.